The molecule has 1 aliphatic heterocycles. The largest absolute Gasteiger partial charge is 0.460 e. The Hall–Kier alpha value is -2.64. The molecular weight excluding hydrogens is 402 g/mol. The summed E-state index contributed by atoms with van der Waals surface area (Å²) in [5.41, 5.74) is 3.17. The van der Waals surface area contributed by atoms with Crippen molar-refractivity contribution in [2.45, 2.75) is 44.6 Å². The molecule has 0 radical (unpaired) electrons. The molecule has 158 valence electrons. The molecule has 4 rings (SSSR count). The molecule has 1 aliphatic rings. The molecule has 2 heterocycles. The predicted octanol–water partition coefficient (Wildman–Crippen LogP) is 4.75. The van der Waals surface area contributed by atoms with Gasteiger partial charge in [0.05, 0.1) is 17.5 Å². The quantitative estimate of drug-likeness (QED) is 0.549. The average molecular weight is 428 g/mol. The third kappa shape index (κ3) is 3.52. The lowest BCUT2D eigenvalue weighted by molar-refractivity contribution is 0.0491. The summed E-state index contributed by atoms with van der Waals surface area (Å²) in [4.78, 5) is 12.3. The molecule has 30 heavy (non-hydrogen) atoms. The van der Waals surface area contributed by atoms with Gasteiger partial charge in [-0.25, -0.2) is 13.2 Å². The summed E-state index contributed by atoms with van der Waals surface area (Å²) in [5, 5.41) is 0.602. The lowest BCUT2D eigenvalue weighted by Crippen LogP contribution is -2.30. The highest BCUT2D eigenvalue weighted by Crippen LogP contribution is 2.38. The summed E-state index contributed by atoms with van der Waals surface area (Å²) in [6.07, 6.45) is 1.61. The Morgan fingerprint density at radius 2 is 2.00 bits per heavy atom. The van der Waals surface area contributed by atoms with Gasteiger partial charge in [-0.15, -0.1) is 0 Å². The van der Waals surface area contributed by atoms with Crippen LogP contribution in [0.25, 0.3) is 11.0 Å². The van der Waals surface area contributed by atoms with Gasteiger partial charge in [-0.05, 0) is 57.4 Å². The first kappa shape index (κ1) is 20.6. The maximum atomic E-state index is 13.5. The van der Waals surface area contributed by atoms with Crippen LogP contribution in [0.5, 0.6) is 0 Å². The Balaban J connectivity index is 1.73. The van der Waals surface area contributed by atoms with Gasteiger partial charge >= 0.3 is 5.97 Å². The van der Waals surface area contributed by atoms with Gasteiger partial charge in [0, 0.05) is 17.5 Å². The third-order valence-electron chi connectivity index (χ3n) is 5.61. The van der Waals surface area contributed by atoms with E-state index in [9.17, 15) is 13.2 Å². The van der Waals surface area contributed by atoms with Crippen molar-refractivity contribution in [2.24, 2.45) is 0 Å². The lowest BCUT2D eigenvalue weighted by atomic mass is 10.0. The molecule has 0 N–H and O–H groups in total. The molecule has 0 saturated carbocycles. The molecule has 0 spiro atoms. The predicted molar refractivity (Wildman–Crippen MR) is 114 cm³/mol. The summed E-state index contributed by atoms with van der Waals surface area (Å²) < 4.78 is 39.3. The van der Waals surface area contributed by atoms with Crippen molar-refractivity contribution in [1.82, 2.24) is 4.31 Å². The summed E-state index contributed by atoms with van der Waals surface area (Å²) in [7, 11) is -3.70. The number of carbonyl (C=O) groups excluding carboxylic acids is 1. The minimum absolute atomic E-state index is 0.111. The fourth-order valence-corrected chi connectivity index (χ4v) is 5.83. The number of hydrogen-bond donors (Lipinski definition) is 0. The molecule has 0 unspecified atom stereocenters. The second-order valence-corrected chi connectivity index (χ2v) is 9.51. The molecule has 7 heteroatoms. The van der Waals surface area contributed by atoms with Crippen molar-refractivity contribution < 1.29 is 22.4 Å². The van der Waals surface area contributed by atoms with E-state index in [1.54, 1.807) is 36.4 Å². The first-order valence-electron chi connectivity index (χ1n) is 10.1. The average Bonchev–Trinajstić information content (AvgIpc) is 3.34. The van der Waals surface area contributed by atoms with Crippen LogP contribution in [0, 0.1) is 13.8 Å². The Labute approximate surface area is 176 Å². The van der Waals surface area contributed by atoms with Crippen LogP contribution in [0.2, 0.25) is 0 Å². The number of rotatable bonds is 5. The minimum atomic E-state index is -3.70. The molecule has 0 bridgehead atoms. The number of ether oxygens (including phenoxy) is 1. The zero-order valence-corrected chi connectivity index (χ0v) is 18.2. The molecule has 6 nitrogen and oxygen atoms in total. The van der Waals surface area contributed by atoms with Gasteiger partial charge in [0.1, 0.15) is 5.58 Å². The van der Waals surface area contributed by atoms with Crippen LogP contribution >= 0.6 is 0 Å². The summed E-state index contributed by atoms with van der Waals surface area (Å²) in [6, 6.07) is 12.6. The topological polar surface area (TPSA) is 76.8 Å². The van der Waals surface area contributed by atoms with Crippen LogP contribution in [0.3, 0.4) is 0 Å². The zero-order chi connectivity index (χ0) is 21.5. The van der Waals surface area contributed by atoms with Crippen molar-refractivity contribution in [3.05, 3.63) is 64.9 Å². The van der Waals surface area contributed by atoms with Crippen molar-refractivity contribution in [3.63, 3.8) is 0 Å². The highest BCUT2D eigenvalue weighted by molar-refractivity contribution is 7.89. The first-order chi connectivity index (χ1) is 14.3. The molecule has 0 amide bonds. The second-order valence-electron chi connectivity index (χ2n) is 7.62. The monoisotopic (exact) mass is 427 g/mol. The number of carbonyl (C=O) groups is 1. The molecule has 3 aromatic rings. The molecule has 1 saturated heterocycles. The minimum Gasteiger partial charge on any atom is -0.460 e. The number of fused-ring (bicyclic) bond motifs is 1. The van der Waals surface area contributed by atoms with Crippen molar-refractivity contribution in [2.75, 3.05) is 13.2 Å². The zero-order valence-electron chi connectivity index (χ0n) is 17.3. The highest BCUT2D eigenvalue weighted by Gasteiger charge is 2.36. The third-order valence-corrected chi connectivity index (χ3v) is 7.51. The summed E-state index contributed by atoms with van der Waals surface area (Å²) in [6.45, 7) is 6.19. The van der Waals surface area contributed by atoms with Gasteiger partial charge in [0.25, 0.3) is 0 Å². The maximum absolute atomic E-state index is 13.5. The molecule has 0 aliphatic carbocycles. The van der Waals surface area contributed by atoms with Crippen LogP contribution in [0.15, 0.2) is 51.8 Å². The van der Waals surface area contributed by atoms with Gasteiger partial charge < -0.3 is 9.15 Å². The molecular formula is C23H25NO5S. The van der Waals surface area contributed by atoms with Crippen LogP contribution in [0.4, 0.5) is 0 Å². The normalized spacial score (nSPS) is 17.5. The molecule has 2 aromatic carbocycles. The van der Waals surface area contributed by atoms with E-state index in [0.717, 1.165) is 24.0 Å². The first-order valence-corrected chi connectivity index (χ1v) is 11.6. The number of furan rings is 1. The van der Waals surface area contributed by atoms with Crippen molar-refractivity contribution in [3.8, 4) is 0 Å². The number of benzene rings is 2. The SMILES string of the molecule is CCOC(=O)c1oc2ccc(S(=O)(=O)N3CCC[C@H]3c3cccc(C)c3)cc2c1C. The van der Waals surface area contributed by atoms with E-state index >= 15 is 0 Å². The number of nitrogens with zero attached hydrogens (tertiary/aromatic N) is 1. The van der Waals surface area contributed by atoms with Gasteiger partial charge in [-0.3, -0.25) is 0 Å². The number of esters is 1. The van der Waals surface area contributed by atoms with Gasteiger partial charge in [-0.2, -0.15) is 4.31 Å². The van der Waals surface area contributed by atoms with Crippen LogP contribution in [-0.2, 0) is 14.8 Å². The van der Waals surface area contributed by atoms with Crippen LogP contribution in [-0.4, -0.2) is 31.8 Å². The van der Waals surface area contributed by atoms with Crippen LogP contribution in [0.1, 0.15) is 53.1 Å². The van der Waals surface area contributed by atoms with E-state index in [2.05, 4.69) is 0 Å². The lowest BCUT2D eigenvalue weighted by Gasteiger charge is -2.24. The Morgan fingerprint density at radius 1 is 1.20 bits per heavy atom. The number of sulfonamides is 1. The van der Waals surface area contributed by atoms with Gasteiger partial charge in [0.2, 0.25) is 15.8 Å². The van der Waals surface area contributed by atoms with E-state index in [1.807, 2.05) is 31.2 Å². The second kappa shape index (κ2) is 7.89. The number of hydrogen-bond acceptors (Lipinski definition) is 5. The molecule has 1 fully saturated rings. The highest BCUT2D eigenvalue weighted by atomic mass is 32.2. The Kier molecular flexibility index (Phi) is 5.42. The van der Waals surface area contributed by atoms with E-state index < -0.39 is 16.0 Å². The van der Waals surface area contributed by atoms with E-state index in [4.69, 9.17) is 9.15 Å². The molecule has 1 aromatic heterocycles. The fourth-order valence-electron chi connectivity index (χ4n) is 4.13. The van der Waals surface area contributed by atoms with Crippen LogP contribution < -0.4 is 0 Å². The Morgan fingerprint density at radius 3 is 2.73 bits per heavy atom. The molecule has 1 atom stereocenters. The smallest absolute Gasteiger partial charge is 0.374 e. The summed E-state index contributed by atoms with van der Waals surface area (Å²) in [5.74, 6) is -0.435. The van der Waals surface area contributed by atoms with E-state index in [0.29, 0.717) is 23.1 Å². The van der Waals surface area contributed by atoms with Gasteiger partial charge in [0.15, 0.2) is 0 Å². The summed E-state index contributed by atoms with van der Waals surface area (Å²) >= 11 is 0. The van der Waals surface area contributed by atoms with Crippen molar-refractivity contribution >= 4 is 27.0 Å². The Bertz CT molecular complexity index is 1210. The standard InChI is InChI=1S/C23H25NO5S/c1-4-28-23(25)22-16(3)19-14-18(10-11-21(19)29-22)30(26,27)24-12-6-9-20(24)17-8-5-7-15(2)13-17/h5,7-8,10-11,13-14,20H,4,6,9,12H2,1-3H3/t20-/m0/s1. The van der Waals surface area contributed by atoms with Crippen molar-refractivity contribution in [1.29, 1.82) is 0 Å². The fraction of sp³-hybridized carbons (Fsp3) is 0.348. The van der Waals surface area contributed by atoms with E-state index in [1.165, 1.54) is 0 Å². The number of aryl methyl sites for hydroxylation is 2. The van der Waals surface area contributed by atoms with E-state index in [-0.39, 0.29) is 23.3 Å². The van der Waals surface area contributed by atoms with Gasteiger partial charge in [-0.1, -0.05) is 29.8 Å². The maximum Gasteiger partial charge on any atom is 0.374 e.